The molecule has 1 atom stereocenters. The smallest absolute Gasteiger partial charge is 0.354 e. The first-order valence-electron chi connectivity index (χ1n) is 9.05. The van der Waals surface area contributed by atoms with E-state index in [4.69, 9.17) is 16.3 Å². The number of ether oxygens (including phenoxy) is 1. The lowest BCUT2D eigenvalue weighted by Crippen LogP contribution is -2.31. The van der Waals surface area contributed by atoms with Crippen molar-refractivity contribution in [1.29, 1.82) is 0 Å². The van der Waals surface area contributed by atoms with Gasteiger partial charge in [0.2, 0.25) is 0 Å². The standard InChI is InChI=1S/C21H17ClFN3O3/c1-2-29-21(28)17-4-3-9-25(17)19-15-10-14(23)6-7-16(15)26(20(19)27)12-13-5-8-18(22)24-11-13/h3-11,19H,2,12H2,1H3. The molecule has 1 aromatic carbocycles. The number of carbonyl (C=O) groups excluding carboxylic acids is 2. The zero-order valence-corrected chi connectivity index (χ0v) is 16.3. The van der Waals surface area contributed by atoms with Gasteiger partial charge in [0.05, 0.1) is 18.8 Å². The monoisotopic (exact) mass is 413 g/mol. The van der Waals surface area contributed by atoms with Crippen LogP contribution < -0.4 is 4.90 Å². The Bertz CT molecular complexity index is 1080. The van der Waals surface area contributed by atoms with Gasteiger partial charge >= 0.3 is 5.97 Å². The van der Waals surface area contributed by atoms with Gasteiger partial charge in [-0.2, -0.15) is 0 Å². The highest BCUT2D eigenvalue weighted by Gasteiger charge is 2.40. The molecule has 0 aliphatic carbocycles. The van der Waals surface area contributed by atoms with Crippen LogP contribution in [0.25, 0.3) is 0 Å². The number of benzene rings is 1. The number of halogens is 2. The van der Waals surface area contributed by atoms with E-state index >= 15 is 0 Å². The van der Waals surface area contributed by atoms with Crippen LogP contribution in [0.2, 0.25) is 5.15 Å². The highest BCUT2D eigenvalue weighted by Crippen LogP contribution is 2.40. The Morgan fingerprint density at radius 2 is 2.10 bits per heavy atom. The van der Waals surface area contributed by atoms with E-state index in [1.807, 2.05) is 0 Å². The summed E-state index contributed by atoms with van der Waals surface area (Å²) in [6, 6.07) is 10.00. The Balaban J connectivity index is 1.76. The Hall–Kier alpha value is -3.19. The summed E-state index contributed by atoms with van der Waals surface area (Å²) >= 11 is 5.84. The molecule has 4 rings (SSSR count). The van der Waals surface area contributed by atoms with E-state index in [1.165, 1.54) is 16.7 Å². The molecule has 1 aliphatic rings. The van der Waals surface area contributed by atoms with Gasteiger partial charge in [-0.15, -0.1) is 0 Å². The zero-order chi connectivity index (χ0) is 20.5. The molecule has 1 unspecified atom stereocenters. The molecule has 0 bridgehead atoms. The SMILES string of the molecule is CCOC(=O)c1cccn1C1C(=O)N(Cc2ccc(Cl)nc2)c2ccc(F)cc21. The Labute approximate surface area is 171 Å². The summed E-state index contributed by atoms with van der Waals surface area (Å²) < 4.78 is 20.6. The lowest BCUT2D eigenvalue weighted by Gasteiger charge is -2.19. The molecule has 6 nitrogen and oxygen atoms in total. The third-order valence-corrected chi connectivity index (χ3v) is 4.97. The average molecular weight is 414 g/mol. The first-order chi connectivity index (χ1) is 14.0. The van der Waals surface area contributed by atoms with E-state index in [0.717, 1.165) is 5.56 Å². The Morgan fingerprint density at radius 1 is 1.28 bits per heavy atom. The molecular formula is C21H17ClFN3O3. The third-order valence-electron chi connectivity index (χ3n) is 4.75. The minimum atomic E-state index is -0.865. The Kier molecular flexibility index (Phi) is 5.07. The minimum Gasteiger partial charge on any atom is -0.461 e. The van der Waals surface area contributed by atoms with Crippen LogP contribution in [-0.4, -0.2) is 28.0 Å². The van der Waals surface area contributed by atoms with Gasteiger partial charge in [-0.25, -0.2) is 14.2 Å². The van der Waals surface area contributed by atoms with E-state index in [1.54, 1.807) is 54.5 Å². The van der Waals surface area contributed by atoms with Crippen molar-refractivity contribution in [2.45, 2.75) is 19.5 Å². The van der Waals surface area contributed by atoms with Crippen molar-refractivity contribution in [3.63, 3.8) is 0 Å². The van der Waals surface area contributed by atoms with E-state index in [0.29, 0.717) is 16.4 Å². The van der Waals surface area contributed by atoms with Crippen molar-refractivity contribution in [2.24, 2.45) is 0 Å². The van der Waals surface area contributed by atoms with Crippen LogP contribution in [0.4, 0.5) is 10.1 Å². The van der Waals surface area contributed by atoms with Crippen molar-refractivity contribution in [3.8, 4) is 0 Å². The van der Waals surface area contributed by atoms with Gasteiger partial charge in [0.25, 0.3) is 5.91 Å². The van der Waals surface area contributed by atoms with E-state index in [2.05, 4.69) is 4.98 Å². The molecule has 0 N–H and O–H groups in total. The second-order valence-electron chi connectivity index (χ2n) is 6.54. The van der Waals surface area contributed by atoms with Gasteiger partial charge in [-0.1, -0.05) is 17.7 Å². The number of fused-ring (bicyclic) bond motifs is 1. The molecule has 148 valence electrons. The topological polar surface area (TPSA) is 64.4 Å². The third kappa shape index (κ3) is 3.49. The summed E-state index contributed by atoms with van der Waals surface area (Å²) in [6.45, 7) is 2.16. The van der Waals surface area contributed by atoms with Crippen LogP contribution in [0.5, 0.6) is 0 Å². The lowest BCUT2D eigenvalue weighted by atomic mass is 10.1. The largest absolute Gasteiger partial charge is 0.461 e. The number of rotatable bonds is 5. The summed E-state index contributed by atoms with van der Waals surface area (Å²) in [6.07, 6.45) is 3.21. The van der Waals surface area contributed by atoms with Crippen LogP contribution in [0.1, 0.15) is 34.6 Å². The highest BCUT2D eigenvalue weighted by molar-refractivity contribution is 6.29. The second kappa shape index (κ2) is 7.67. The number of hydrogen-bond acceptors (Lipinski definition) is 4. The van der Waals surface area contributed by atoms with Gasteiger partial charge in [0.1, 0.15) is 22.7 Å². The van der Waals surface area contributed by atoms with E-state index in [9.17, 15) is 14.0 Å². The molecule has 29 heavy (non-hydrogen) atoms. The second-order valence-corrected chi connectivity index (χ2v) is 6.93. The number of amides is 1. The fraction of sp³-hybridized carbons (Fsp3) is 0.190. The van der Waals surface area contributed by atoms with Crippen LogP contribution in [0, 0.1) is 5.82 Å². The molecule has 0 saturated heterocycles. The number of esters is 1. The molecule has 0 spiro atoms. The molecule has 1 amide bonds. The minimum absolute atomic E-state index is 0.212. The summed E-state index contributed by atoms with van der Waals surface area (Å²) in [5, 5.41) is 0.355. The Morgan fingerprint density at radius 3 is 2.83 bits per heavy atom. The predicted octanol–water partition coefficient (Wildman–Crippen LogP) is 3.99. The molecule has 0 saturated carbocycles. The number of hydrogen-bond donors (Lipinski definition) is 0. The summed E-state index contributed by atoms with van der Waals surface area (Å²) in [5.41, 5.74) is 2.07. The zero-order valence-electron chi connectivity index (χ0n) is 15.5. The van der Waals surface area contributed by atoms with Gasteiger partial charge in [0, 0.05) is 18.0 Å². The van der Waals surface area contributed by atoms with Gasteiger partial charge in [-0.3, -0.25) is 4.79 Å². The molecule has 3 heterocycles. The maximum atomic E-state index is 14.0. The molecule has 0 radical (unpaired) electrons. The molecule has 0 fully saturated rings. The summed E-state index contributed by atoms with van der Waals surface area (Å²) in [5.74, 6) is -1.27. The molecular weight excluding hydrogens is 397 g/mol. The maximum absolute atomic E-state index is 14.0. The van der Waals surface area contributed by atoms with Crippen molar-refractivity contribution in [1.82, 2.24) is 9.55 Å². The number of aromatic nitrogens is 2. The fourth-order valence-corrected chi connectivity index (χ4v) is 3.61. The van der Waals surface area contributed by atoms with Crippen LogP contribution in [0.15, 0.2) is 54.9 Å². The maximum Gasteiger partial charge on any atom is 0.354 e. The van der Waals surface area contributed by atoms with Crippen LogP contribution in [-0.2, 0) is 16.1 Å². The average Bonchev–Trinajstić information content (AvgIpc) is 3.27. The summed E-state index contributed by atoms with van der Waals surface area (Å²) in [4.78, 5) is 31.3. The molecule has 3 aromatic rings. The van der Waals surface area contributed by atoms with E-state index < -0.39 is 17.8 Å². The van der Waals surface area contributed by atoms with Crippen molar-refractivity contribution < 1.29 is 18.7 Å². The fourth-order valence-electron chi connectivity index (χ4n) is 3.50. The number of carbonyl (C=O) groups is 2. The van der Waals surface area contributed by atoms with Gasteiger partial charge < -0.3 is 14.2 Å². The van der Waals surface area contributed by atoms with Crippen LogP contribution >= 0.6 is 11.6 Å². The van der Waals surface area contributed by atoms with Gasteiger partial charge in [0.15, 0.2) is 0 Å². The number of anilines is 1. The van der Waals surface area contributed by atoms with Gasteiger partial charge in [-0.05, 0) is 48.9 Å². The van der Waals surface area contributed by atoms with E-state index in [-0.39, 0.29) is 24.8 Å². The molecule has 2 aromatic heterocycles. The number of nitrogens with zero attached hydrogens (tertiary/aromatic N) is 3. The normalized spacial score (nSPS) is 15.5. The molecule has 8 heteroatoms. The van der Waals surface area contributed by atoms with Crippen molar-refractivity contribution >= 4 is 29.2 Å². The first kappa shape index (κ1) is 19.1. The quantitative estimate of drug-likeness (QED) is 0.468. The van der Waals surface area contributed by atoms with Crippen LogP contribution in [0.3, 0.4) is 0 Å². The highest BCUT2D eigenvalue weighted by atomic mass is 35.5. The lowest BCUT2D eigenvalue weighted by molar-refractivity contribution is -0.120. The molecule has 1 aliphatic heterocycles. The number of pyridine rings is 1. The summed E-state index contributed by atoms with van der Waals surface area (Å²) in [7, 11) is 0. The predicted molar refractivity (Wildman–Crippen MR) is 105 cm³/mol. The van der Waals surface area contributed by atoms with Crippen molar-refractivity contribution in [2.75, 3.05) is 11.5 Å². The van der Waals surface area contributed by atoms with Crippen molar-refractivity contribution in [3.05, 3.63) is 82.6 Å². The first-order valence-corrected chi connectivity index (χ1v) is 9.42.